The Labute approximate surface area is 127 Å². The van der Waals surface area contributed by atoms with Crippen molar-refractivity contribution in [2.45, 2.75) is 18.9 Å². The Morgan fingerprint density at radius 3 is 2.95 bits per heavy atom. The Kier molecular flexibility index (Phi) is 4.53. The monoisotopic (exact) mass is 305 g/mol. The second-order valence-corrected chi connectivity index (χ2v) is 6.25. The first kappa shape index (κ1) is 14.5. The molecule has 1 saturated heterocycles. The number of aliphatic hydroxyl groups is 1. The van der Waals surface area contributed by atoms with E-state index in [1.807, 2.05) is 29.6 Å². The van der Waals surface area contributed by atoms with Gasteiger partial charge in [0, 0.05) is 35.9 Å². The van der Waals surface area contributed by atoms with Crippen LogP contribution in [0.1, 0.15) is 24.5 Å². The van der Waals surface area contributed by atoms with Gasteiger partial charge in [-0.25, -0.2) is 0 Å². The van der Waals surface area contributed by atoms with E-state index in [0.717, 1.165) is 28.5 Å². The van der Waals surface area contributed by atoms with E-state index in [4.69, 9.17) is 4.74 Å². The molecule has 0 radical (unpaired) electrons. The Morgan fingerprint density at radius 1 is 1.38 bits per heavy atom. The lowest BCUT2D eigenvalue weighted by Crippen LogP contribution is -2.36. The highest BCUT2D eigenvalue weighted by molar-refractivity contribution is 7.17. The summed E-state index contributed by atoms with van der Waals surface area (Å²) >= 11 is 1.62. The first-order valence-corrected chi connectivity index (χ1v) is 8.13. The van der Waals surface area contributed by atoms with E-state index in [0.29, 0.717) is 13.2 Å². The molecule has 0 saturated carbocycles. The second kappa shape index (κ2) is 6.56. The summed E-state index contributed by atoms with van der Waals surface area (Å²) in [7, 11) is 0. The van der Waals surface area contributed by atoms with Crippen molar-refractivity contribution in [1.82, 2.24) is 5.32 Å². The number of benzene rings is 1. The summed E-state index contributed by atoms with van der Waals surface area (Å²) in [4.78, 5) is 12.1. The van der Waals surface area contributed by atoms with Crippen LogP contribution in [-0.2, 0) is 9.53 Å². The molecule has 1 aliphatic rings. The van der Waals surface area contributed by atoms with Crippen molar-refractivity contribution in [3.05, 3.63) is 35.2 Å². The highest BCUT2D eigenvalue weighted by Crippen LogP contribution is 2.30. The second-order valence-electron chi connectivity index (χ2n) is 5.33. The van der Waals surface area contributed by atoms with Crippen molar-refractivity contribution >= 4 is 27.3 Å². The highest BCUT2D eigenvalue weighted by Gasteiger charge is 2.22. The highest BCUT2D eigenvalue weighted by atomic mass is 32.1. The van der Waals surface area contributed by atoms with Gasteiger partial charge < -0.3 is 15.2 Å². The number of aliphatic hydroxyl groups excluding tert-OH is 1. The minimum absolute atomic E-state index is 0.0187. The van der Waals surface area contributed by atoms with Gasteiger partial charge in [0.05, 0.1) is 6.10 Å². The SMILES string of the molecule is O=C(NCC(O)c1csc2ccccc12)C1CCOCC1. The van der Waals surface area contributed by atoms with Crippen LogP contribution >= 0.6 is 11.3 Å². The zero-order valence-corrected chi connectivity index (χ0v) is 12.6. The number of hydrogen-bond acceptors (Lipinski definition) is 4. The molecule has 3 rings (SSSR count). The number of ether oxygens (including phenoxy) is 1. The van der Waals surface area contributed by atoms with Gasteiger partial charge in [-0.1, -0.05) is 18.2 Å². The molecule has 112 valence electrons. The van der Waals surface area contributed by atoms with Crippen LogP contribution in [0.2, 0.25) is 0 Å². The van der Waals surface area contributed by atoms with Crippen LogP contribution < -0.4 is 5.32 Å². The first-order chi connectivity index (χ1) is 10.3. The Morgan fingerprint density at radius 2 is 2.14 bits per heavy atom. The van der Waals surface area contributed by atoms with E-state index in [2.05, 4.69) is 5.32 Å². The van der Waals surface area contributed by atoms with Crippen LogP contribution in [-0.4, -0.2) is 30.8 Å². The molecular formula is C16H19NO3S. The predicted octanol–water partition coefficient (Wildman–Crippen LogP) is 2.48. The molecule has 1 aromatic carbocycles. The molecule has 1 unspecified atom stereocenters. The minimum Gasteiger partial charge on any atom is -0.387 e. The van der Waals surface area contributed by atoms with Crippen LogP contribution in [0.4, 0.5) is 0 Å². The fourth-order valence-electron chi connectivity index (χ4n) is 2.67. The maximum Gasteiger partial charge on any atom is 0.223 e. The molecule has 2 N–H and O–H groups in total. The summed E-state index contributed by atoms with van der Waals surface area (Å²) in [6.07, 6.45) is 0.872. The van der Waals surface area contributed by atoms with Gasteiger partial charge in [-0.3, -0.25) is 4.79 Å². The molecule has 1 aromatic heterocycles. The van der Waals surface area contributed by atoms with Crippen LogP contribution in [0.3, 0.4) is 0 Å². The van der Waals surface area contributed by atoms with Gasteiger partial charge in [0.25, 0.3) is 0 Å². The predicted molar refractivity (Wildman–Crippen MR) is 83.3 cm³/mol. The summed E-state index contributed by atoms with van der Waals surface area (Å²) in [5.41, 5.74) is 0.892. The first-order valence-electron chi connectivity index (χ1n) is 7.25. The number of amides is 1. The van der Waals surface area contributed by atoms with Crippen LogP contribution in [0.15, 0.2) is 29.6 Å². The zero-order chi connectivity index (χ0) is 14.7. The third-order valence-electron chi connectivity index (χ3n) is 3.93. The largest absolute Gasteiger partial charge is 0.387 e. The van der Waals surface area contributed by atoms with Crippen molar-refractivity contribution in [2.75, 3.05) is 19.8 Å². The van der Waals surface area contributed by atoms with Gasteiger partial charge in [0.15, 0.2) is 0 Å². The van der Waals surface area contributed by atoms with E-state index in [9.17, 15) is 9.90 Å². The average molecular weight is 305 g/mol. The summed E-state index contributed by atoms with van der Waals surface area (Å²) < 4.78 is 6.41. The quantitative estimate of drug-likeness (QED) is 0.912. The van der Waals surface area contributed by atoms with Gasteiger partial charge in [-0.15, -0.1) is 11.3 Å². The summed E-state index contributed by atoms with van der Waals surface area (Å²) in [5, 5.41) is 16.2. The standard InChI is InChI=1S/C16H19NO3S/c18-14(9-17-16(19)11-5-7-20-8-6-11)13-10-21-15-4-2-1-3-12(13)15/h1-4,10-11,14,18H,5-9H2,(H,17,19). The molecule has 1 aliphatic heterocycles. The van der Waals surface area contributed by atoms with E-state index < -0.39 is 6.10 Å². The maximum absolute atomic E-state index is 12.1. The average Bonchev–Trinajstić information content (AvgIpc) is 2.97. The molecule has 4 nitrogen and oxygen atoms in total. The normalized spacial score (nSPS) is 17.8. The smallest absolute Gasteiger partial charge is 0.223 e. The Bertz CT molecular complexity index is 619. The third-order valence-corrected chi connectivity index (χ3v) is 4.91. The van der Waals surface area contributed by atoms with E-state index in [-0.39, 0.29) is 18.4 Å². The fourth-order valence-corrected chi connectivity index (χ4v) is 3.68. The molecule has 1 amide bonds. The molecule has 0 spiro atoms. The number of nitrogens with one attached hydrogen (secondary N) is 1. The lowest BCUT2D eigenvalue weighted by atomic mass is 9.99. The van der Waals surface area contributed by atoms with E-state index in [1.54, 1.807) is 11.3 Å². The van der Waals surface area contributed by atoms with Gasteiger partial charge >= 0.3 is 0 Å². The summed E-state index contributed by atoms with van der Waals surface area (Å²) in [6, 6.07) is 8.00. The lowest BCUT2D eigenvalue weighted by molar-refractivity contribution is -0.128. The lowest BCUT2D eigenvalue weighted by Gasteiger charge is -2.22. The minimum atomic E-state index is -0.662. The van der Waals surface area contributed by atoms with Crippen LogP contribution in [0, 0.1) is 5.92 Å². The zero-order valence-electron chi connectivity index (χ0n) is 11.7. The number of carbonyl (C=O) groups excluding carboxylic acids is 1. The summed E-state index contributed by atoms with van der Waals surface area (Å²) in [5.74, 6) is 0.0436. The van der Waals surface area contributed by atoms with Crippen molar-refractivity contribution in [3.8, 4) is 0 Å². The maximum atomic E-state index is 12.1. The summed E-state index contributed by atoms with van der Waals surface area (Å²) in [6.45, 7) is 1.56. The van der Waals surface area contributed by atoms with Gasteiger partial charge in [0.1, 0.15) is 0 Å². The molecular weight excluding hydrogens is 286 g/mol. The number of hydrogen-bond donors (Lipinski definition) is 2. The van der Waals surface area contributed by atoms with Crippen molar-refractivity contribution < 1.29 is 14.6 Å². The molecule has 2 aromatic rings. The third kappa shape index (κ3) is 3.26. The van der Waals surface area contributed by atoms with E-state index in [1.165, 1.54) is 0 Å². The molecule has 1 atom stereocenters. The fraction of sp³-hybridized carbons (Fsp3) is 0.438. The van der Waals surface area contributed by atoms with Gasteiger partial charge in [0.2, 0.25) is 5.91 Å². The van der Waals surface area contributed by atoms with Crippen LogP contribution in [0.5, 0.6) is 0 Å². The van der Waals surface area contributed by atoms with Crippen molar-refractivity contribution in [3.63, 3.8) is 0 Å². The van der Waals surface area contributed by atoms with Gasteiger partial charge in [-0.05, 0) is 29.7 Å². The molecule has 1 fully saturated rings. The Hall–Kier alpha value is -1.43. The number of carbonyl (C=O) groups is 1. The molecule has 21 heavy (non-hydrogen) atoms. The van der Waals surface area contributed by atoms with Crippen LogP contribution in [0.25, 0.3) is 10.1 Å². The molecule has 5 heteroatoms. The Balaban J connectivity index is 1.61. The number of thiophene rings is 1. The number of fused-ring (bicyclic) bond motifs is 1. The topological polar surface area (TPSA) is 58.6 Å². The molecule has 2 heterocycles. The molecule has 0 aliphatic carbocycles. The molecule has 0 bridgehead atoms. The number of rotatable bonds is 4. The van der Waals surface area contributed by atoms with Gasteiger partial charge in [-0.2, -0.15) is 0 Å². The van der Waals surface area contributed by atoms with Crippen molar-refractivity contribution in [2.24, 2.45) is 5.92 Å². The van der Waals surface area contributed by atoms with Crippen molar-refractivity contribution in [1.29, 1.82) is 0 Å². The van der Waals surface area contributed by atoms with E-state index >= 15 is 0 Å².